The minimum atomic E-state index is 0.646. The van der Waals surface area contributed by atoms with Gasteiger partial charge in [-0.3, -0.25) is 0 Å². The summed E-state index contributed by atoms with van der Waals surface area (Å²) in [5, 5.41) is 0. The molecule has 2 rings (SSSR count). The number of rotatable bonds is 0. The van der Waals surface area contributed by atoms with Crippen LogP contribution in [-0.4, -0.2) is 10.9 Å². The highest BCUT2D eigenvalue weighted by Crippen LogP contribution is 2.35. The highest BCUT2D eigenvalue weighted by Gasteiger charge is 2.28. The second-order valence-corrected chi connectivity index (χ2v) is 3.71. The monoisotopic (exact) mass is 161 g/mol. The van der Waals surface area contributed by atoms with E-state index in [4.69, 9.17) is 0 Å². The summed E-state index contributed by atoms with van der Waals surface area (Å²) < 4.78 is 0. The molecule has 2 heterocycles. The van der Waals surface area contributed by atoms with E-state index in [1.54, 1.807) is 0 Å². The molecule has 0 aliphatic carbocycles. The molecule has 12 heavy (non-hydrogen) atoms. The summed E-state index contributed by atoms with van der Waals surface area (Å²) in [6.45, 7) is 8.50. The van der Waals surface area contributed by atoms with Crippen molar-refractivity contribution in [2.24, 2.45) is 0 Å². The molecule has 1 atom stereocenters. The standard InChI is InChI=1S/C11H15N/c1-8-4-5-9(2)12-10(3)6-7-11(8)12/h4-5,10H,2,6-7H2,1,3H3. The van der Waals surface area contributed by atoms with Gasteiger partial charge < -0.3 is 4.90 Å². The fraction of sp³-hybridized carbons (Fsp3) is 0.455. The second-order valence-electron chi connectivity index (χ2n) is 3.71. The fourth-order valence-electron chi connectivity index (χ4n) is 2.10. The van der Waals surface area contributed by atoms with Crippen LogP contribution >= 0.6 is 0 Å². The maximum absolute atomic E-state index is 4.05. The molecule has 0 aromatic rings. The minimum absolute atomic E-state index is 0.646. The number of nitrogens with zero attached hydrogens (tertiary/aromatic N) is 1. The molecule has 2 aliphatic rings. The van der Waals surface area contributed by atoms with E-state index in [0.717, 1.165) is 5.70 Å². The predicted octanol–water partition coefficient (Wildman–Crippen LogP) is 2.83. The number of hydrogen-bond acceptors (Lipinski definition) is 1. The summed E-state index contributed by atoms with van der Waals surface area (Å²) in [4.78, 5) is 2.37. The van der Waals surface area contributed by atoms with Crippen LogP contribution in [0.5, 0.6) is 0 Å². The first-order chi connectivity index (χ1) is 5.70. The average molecular weight is 161 g/mol. The lowest BCUT2D eigenvalue weighted by molar-refractivity contribution is 0.391. The zero-order chi connectivity index (χ0) is 8.72. The molecule has 0 amide bonds. The van der Waals surface area contributed by atoms with Gasteiger partial charge in [-0.1, -0.05) is 12.7 Å². The maximum Gasteiger partial charge on any atom is 0.0338 e. The van der Waals surface area contributed by atoms with Gasteiger partial charge in [-0.05, 0) is 38.3 Å². The molecule has 0 saturated carbocycles. The molecule has 0 bridgehead atoms. The summed E-state index contributed by atoms with van der Waals surface area (Å²) in [5.41, 5.74) is 4.04. The van der Waals surface area contributed by atoms with Crippen molar-refractivity contribution in [1.29, 1.82) is 0 Å². The van der Waals surface area contributed by atoms with Crippen LogP contribution in [0.15, 0.2) is 35.7 Å². The molecule has 1 heteroatoms. The Kier molecular flexibility index (Phi) is 1.60. The first-order valence-corrected chi connectivity index (χ1v) is 4.56. The van der Waals surface area contributed by atoms with Gasteiger partial charge in [0.1, 0.15) is 0 Å². The molecule has 0 radical (unpaired) electrons. The topological polar surface area (TPSA) is 3.24 Å². The van der Waals surface area contributed by atoms with E-state index in [1.807, 2.05) is 0 Å². The Hall–Kier alpha value is -0.980. The van der Waals surface area contributed by atoms with Gasteiger partial charge >= 0.3 is 0 Å². The lowest BCUT2D eigenvalue weighted by Gasteiger charge is -2.29. The van der Waals surface area contributed by atoms with Crippen molar-refractivity contribution in [3.63, 3.8) is 0 Å². The van der Waals surface area contributed by atoms with Crippen molar-refractivity contribution in [3.05, 3.63) is 35.7 Å². The van der Waals surface area contributed by atoms with Crippen molar-refractivity contribution in [3.8, 4) is 0 Å². The Morgan fingerprint density at radius 3 is 2.92 bits per heavy atom. The van der Waals surface area contributed by atoms with E-state index < -0.39 is 0 Å². The largest absolute Gasteiger partial charge is 0.343 e. The third kappa shape index (κ3) is 0.927. The van der Waals surface area contributed by atoms with Gasteiger partial charge in [0.15, 0.2) is 0 Å². The highest BCUT2D eigenvalue weighted by atomic mass is 15.2. The van der Waals surface area contributed by atoms with E-state index in [0.29, 0.717) is 6.04 Å². The van der Waals surface area contributed by atoms with E-state index in [9.17, 15) is 0 Å². The van der Waals surface area contributed by atoms with Crippen molar-refractivity contribution in [2.45, 2.75) is 32.7 Å². The van der Waals surface area contributed by atoms with Crippen molar-refractivity contribution >= 4 is 0 Å². The van der Waals surface area contributed by atoms with E-state index >= 15 is 0 Å². The van der Waals surface area contributed by atoms with Crippen LogP contribution in [0.25, 0.3) is 0 Å². The van der Waals surface area contributed by atoms with Crippen LogP contribution in [0.2, 0.25) is 0 Å². The molecule has 0 spiro atoms. The smallest absolute Gasteiger partial charge is 0.0338 e. The Morgan fingerprint density at radius 1 is 1.50 bits per heavy atom. The van der Waals surface area contributed by atoms with E-state index in [1.165, 1.54) is 24.1 Å². The average Bonchev–Trinajstić information content (AvgIpc) is 2.42. The van der Waals surface area contributed by atoms with Gasteiger partial charge in [0.2, 0.25) is 0 Å². The van der Waals surface area contributed by atoms with Gasteiger partial charge in [-0.15, -0.1) is 0 Å². The van der Waals surface area contributed by atoms with Crippen molar-refractivity contribution in [2.75, 3.05) is 0 Å². The normalized spacial score (nSPS) is 28.3. The van der Waals surface area contributed by atoms with E-state index in [2.05, 4.69) is 37.5 Å². The molecule has 1 unspecified atom stereocenters. The van der Waals surface area contributed by atoms with Gasteiger partial charge in [-0.25, -0.2) is 0 Å². The second kappa shape index (κ2) is 2.51. The lowest BCUT2D eigenvalue weighted by atomic mass is 10.1. The molecule has 2 aliphatic heterocycles. The third-order valence-electron chi connectivity index (χ3n) is 2.82. The van der Waals surface area contributed by atoms with Crippen LogP contribution in [0, 0.1) is 0 Å². The fourth-order valence-corrected chi connectivity index (χ4v) is 2.10. The lowest BCUT2D eigenvalue weighted by Crippen LogP contribution is -2.25. The quantitative estimate of drug-likeness (QED) is 0.528. The van der Waals surface area contributed by atoms with Crippen LogP contribution in [-0.2, 0) is 0 Å². The first kappa shape index (κ1) is 7.66. The van der Waals surface area contributed by atoms with E-state index in [-0.39, 0.29) is 0 Å². The van der Waals surface area contributed by atoms with Crippen LogP contribution < -0.4 is 0 Å². The SMILES string of the molecule is C=C1C=CC(C)=C2CCC(C)N12. The zero-order valence-corrected chi connectivity index (χ0v) is 7.80. The van der Waals surface area contributed by atoms with Gasteiger partial charge in [-0.2, -0.15) is 0 Å². The van der Waals surface area contributed by atoms with Crippen LogP contribution in [0.4, 0.5) is 0 Å². The molecule has 64 valence electrons. The Morgan fingerprint density at radius 2 is 2.25 bits per heavy atom. The van der Waals surface area contributed by atoms with Gasteiger partial charge in [0, 0.05) is 17.4 Å². The number of hydrogen-bond donors (Lipinski definition) is 0. The summed E-state index contributed by atoms with van der Waals surface area (Å²) in [5.74, 6) is 0. The highest BCUT2D eigenvalue weighted by molar-refractivity contribution is 5.38. The minimum Gasteiger partial charge on any atom is -0.343 e. The molecular formula is C11H15N. The molecule has 0 N–H and O–H groups in total. The number of fused-ring (bicyclic) bond motifs is 1. The Labute approximate surface area is 74.1 Å². The molecule has 1 fully saturated rings. The molecule has 0 aromatic heterocycles. The third-order valence-corrected chi connectivity index (χ3v) is 2.82. The zero-order valence-electron chi connectivity index (χ0n) is 7.80. The first-order valence-electron chi connectivity index (χ1n) is 4.56. The maximum atomic E-state index is 4.05. The predicted molar refractivity (Wildman–Crippen MR) is 51.5 cm³/mol. The van der Waals surface area contributed by atoms with Crippen LogP contribution in [0.3, 0.4) is 0 Å². The molecule has 0 aromatic carbocycles. The van der Waals surface area contributed by atoms with Gasteiger partial charge in [0.05, 0.1) is 0 Å². The summed E-state index contributed by atoms with van der Waals surface area (Å²) in [7, 11) is 0. The summed E-state index contributed by atoms with van der Waals surface area (Å²) >= 11 is 0. The molecular weight excluding hydrogens is 146 g/mol. The molecule has 1 saturated heterocycles. The van der Waals surface area contributed by atoms with Crippen molar-refractivity contribution < 1.29 is 0 Å². The molecule has 1 nitrogen and oxygen atoms in total. The number of allylic oxidation sites excluding steroid dienone is 4. The summed E-state index contributed by atoms with van der Waals surface area (Å²) in [6.07, 6.45) is 6.77. The Bertz CT molecular complexity index is 283. The van der Waals surface area contributed by atoms with Crippen molar-refractivity contribution in [1.82, 2.24) is 4.90 Å². The van der Waals surface area contributed by atoms with Gasteiger partial charge in [0.25, 0.3) is 0 Å². The summed E-state index contributed by atoms with van der Waals surface area (Å²) in [6, 6.07) is 0.646. The van der Waals surface area contributed by atoms with Crippen LogP contribution in [0.1, 0.15) is 26.7 Å². The Balaban J connectivity index is 2.42.